The highest BCUT2D eigenvalue weighted by molar-refractivity contribution is 5.70. The van der Waals surface area contributed by atoms with Crippen molar-refractivity contribution in [2.45, 2.75) is 64.5 Å². The van der Waals surface area contributed by atoms with Crippen molar-refractivity contribution in [2.75, 3.05) is 6.61 Å². The third-order valence-electron chi connectivity index (χ3n) is 3.70. The Bertz CT molecular complexity index is 411. The quantitative estimate of drug-likeness (QED) is 0.750. The Kier molecular flexibility index (Phi) is 3.86. The second-order valence-corrected chi connectivity index (χ2v) is 7.03. The second kappa shape index (κ2) is 5.04. The Hall–Kier alpha value is -1.07. The molecule has 0 aromatic heterocycles. The smallest absolute Gasteiger partial charge is 0.412 e. The van der Waals surface area contributed by atoms with Gasteiger partial charge in [-0.15, -0.1) is 0 Å². The molecule has 20 heavy (non-hydrogen) atoms. The zero-order valence-electron chi connectivity index (χ0n) is 12.9. The van der Waals surface area contributed by atoms with Gasteiger partial charge in [0.25, 0.3) is 0 Å². The molecule has 5 heteroatoms. The normalized spacial score (nSPS) is 32.7. The van der Waals surface area contributed by atoms with Gasteiger partial charge < -0.3 is 14.6 Å². The van der Waals surface area contributed by atoms with Crippen molar-refractivity contribution in [1.29, 1.82) is 0 Å². The molecule has 114 valence electrons. The van der Waals surface area contributed by atoms with Crippen LogP contribution in [-0.4, -0.2) is 46.2 Å². The van der Waals surface area contributed by atoms with Crippen LogP contribution in [0.25, 0.3) is 0 Å². The molecule has 0 bridgehead atoms. The summed E-state index contributed by atoms with van der Waals surface area (Å²) in [6.45, 7) is 9.75. The van der Waals surface area contributed by atoms with Crippen molar-refractivity contribution in [2.24, 2.45) is 5.92 Å². The van der Waals surface area contributed by atoms with Crippen LogP contribution in [0.4, 0.5) is 4.79 Å². The molecule has 1 fully saturated rings. The molecule has 0 spiro atoms. The number of aliphatic hydroxyl groups is 1. The summed E-state index contributed by atoms with van der Waals surface area (Å²) in [5.41, 5.74) is -1.22. The summed E-state index contributed by atoms with van der Waals surface area (Å²) >= 11 is 0. The minimum Gasteiger partial charge on any atom is -0.444 e. The van der Waals surface area contributed by atoms with Crippen molar-refractivity contribution in [3.05, 3.63) is 12.2 Å². The molecule has 0 radical (unpaired) electrons. The molecule has 0 aromatic carbocycles. The summed E-state index contributed by atoms with van der Waals surface area (Å²) in [5, 5.41) is 9.64. The van der Waals surface area contributed by atoms with E-state index in [0.717, 1.165) is 0 Å². The van der Waals surface area contributed by atoms with E-state index < -0.39 is 17.4 Å². The number of aliphatic hydroxyl groups excluding tert-OH is 1. The Morgan fingerprint density at radius 2 is 2.05 bits per heavy atom. The highest BCUT2D eigenvalue weighted by Crippen LogP contribution is 2.36. The highest BCUT2D eigenvalue weighted by atomic mass is 16.6. The molecule has 0 unspecified atom stereocenters. The topological polar surface area (TPSA) is 59.0 Å². The third-order valence-corrected chi connectivity index (χ3v) is 3.70. The van der Waals surface area contributed by atoms with E-state index in [2.05, 4.69) is 0 Å². The second-order valence-electron chi connectivity index (χ2n) is 7.03. The van der Waals surface area contributed by atoms with Gasteiger partial charge in [-0.25, -0.2) is 4.79 Å². The monoisotopic (exact) mass is 283 g/mol. The van der Waals surface area contributed by atoms with Crippen LogP contribution in [0.3, 0.4) is 0 Å². The van der Waals surface area contributed by atoms with Gasteiger partial charge in [-0.1, -0.05) is 12.2 Å². The Morgan fingerprint density at radius 3 is 2.55 bits per heavy atom. The summed E-state index contributed by atoms with van der Waals surface area (Å²) < 4.78 is 11.3. The predicted molar refractivity (Wildman–Crippen MR) is 75.1 cm³/mol. The Labute approximate surface area is 120 Å². The SMILES string of the molecule is CC(C)(C)OC(=O)N1[C@H]([C@H]2C=C[C@@H](O)C2)COC1(C)C. The molecule has 1 N–H and O–H groups in total. The molecule has 1 saturated heterocycles. The molecule has 1 aliphatic heterocycles. The first-order valence-electron chi connectivity index (χ1n) is 7.13. The lowest BCUT2D eigenvalue weighted by molar-refractivity contribution is -0.0640. The van der Waals surface area contributed by atoms with E-state index in [9.17, 15) is 9.90 Å². The van der Waals surface area contributed by atoms with Crippen molar-refractivity contribution in [3.8, 4) is 0 Å². The zero-order chi connectivity index (χ0) is 15.1. The number of hydrogen-bond acceptors (Lipinski definition) is 4. The van der Waals surface area contributed by atoms with Crippen LogP contribution >= 0.6 is 0 Å². The van der Waals surface area contributed by atoms with E-state index in [-0.39, 0.29) is 18.1 Å². The summed E-state index contributed by atoms with van der Waals surface area (Å²) in [7, 11) is 0. The maximum absolute atomic E-state index is 12.5. The lowest BCUT2D eigenvalue weighted by Crippen LogP contribution is -2.51. The van der Waals surface area contributed by atoms with Gasteiger partial charge in [0.2, 0.25) is 0 Å². The van der Waals surface area contributed by atoms with Crippen LogP contribution in [0.5, 0.6) is 0 Å². The van der Waals surface area contributed by atoms with Crippen molar-refractivity contribution in [3.63, 3.8) is 0 Å². The molecule has 5 nitrogen and oxygen atoms in total. The number of carbonyl (C=O) groups is 1. The maximum Gasteiger partial charge on any atom is 0.412 e. The zero-order valence-corrected chi connectivity index (χ0v) is 12.9. The van der Waals surface area contributed by atoms with Gasteiger partial charge in [-0.3, -0.25) is 4.90 Å². The molecule has 1 heterocycles. The number of ether oxygens (including phenoxy) is 2. The number of rotatable bonds is 1. The molecule has 1 amide bonds. The van der Waals surface area contributed by atoms with Crippen molar-refractivity contribution < 1.29 is 19.4 Å². The van der Waals surface area contributed by atoms with Crippen molar-refractivity contribution >= 4 is 6.09 Å². The fraction of sp³-hybridized carbons (Fsp3) is 0.800. The average molecular weight is 283 g/mol. The number of carbonyl (C=O) groups excluding carboxylic acids is 1. The fourth-order valence-corrected chi connectivity index (χ4v) is 2.81. The molecule has 2 aliphatic rings. The lowest BCUT2D eigenvalue weighted by atomic mass is 9.98. The van der Waals surface area contributed by atoms with Crippen LogP contribution < -0.4 is 0 Å². The molecule has 3 atom stereocenters. The van der Waals surface area contributed by atoms with Crippen LogP contribution in [0, 0.1) is 5.92 Å². The van der Waals surface area contributed by atoms with E-state index in [0.29, 0.717) is 13.0 Å². The first-order chi connectivity index (χ1) is 9.10. The van der Waals surface area contributed by atoms with E-state index in [4.69, 9.17) is 9.47 Å². The molecular formula is C15H25NO4. The third kappa shape index (κ3) is 3.15. The van der Waals surface area contributed by atoms with Gasteiger partial charge in [-0.05, 0) is 41.0 Å². The molecule has 0 aromatic rings. The molecular weight excluding hydrogens is 258 g/mol. The standard InChI is InChI=1S/C15H25NO4/c1-14(2,3)20-13(18)16-12(9-19-15(16,4)5)10-6-7-11(17)8-10/h6-7,10-12,17H,8-9H2,1-5H3/t10-,11+,12-/m0/s1. The fourth-order valence-electron chi connectivity index (χ4n) is 2.81. The van der Waals surface area contributed by atoms with E-state index in [1.165, 1.54) is 0 Å². The van der Waals surface area contributed by atoms with Crippen LogP contribution in [0.1, 0.15) is 41.0 Å². The summed E-state index contributed by atoms with van der Waals surface area (Å²) in [6.07, 6.45) is 3.59. The summed E-state index contributed by atoms with van der Waals surface area (Å²) in [6, 6.07) is -0.0896. The maximum atomic E-state index is 12.5. The average Bonchev–Trinajstić information content (AvgIpc) is 2.79. The minimum atomic E-state index is -0.686. The van der Waals surface area contributed by atoms with Gasteiger partial charge in [0.1, 0.15) is 11.3 Å². The van der Waals surface area contributed by atoms with Gasteiger partial charge >= 0.3 is 6.09 Å². The first kappa shape index (κ1) is 15.3. The van der Waals surface area contributed by atoms with E-state index in [1.807, 2.05) is 40.7 Å². The van der Waals surface area contributed by atoms with Gasteiger partial charge in [0, 0.05) is 5.92 Å². The molecule has 1 aliphatic carbocycles. The molecule has 2 rings (SSSR count). The Morgan fingerprint density at radius 1 is 1.40 bits per heavy atom. The van der Waals surface area contributed by atoms with Gasteiger partial charge in [0.15, 0.2) is 0 Å². The van der Waals surface area contributed by atoms with E-state index >= 15 is 0 Å². The Balaban J connectivity index is 2.16. The van der Waals surface area contributed by atoms with Crippen LogP contribution in [-0.2, 0) is 9.47 Å². The molecule has 0 saturated carbocycles. The van der Waals surface area contributed by atoms with Gasteiger partial charge in [-0.2, -0.15) is 0 Å². The minimum absolute atomic E-state index is 0.0896. The highest BCUT2D eigenvalue weighted by Gasteiger charge is 2.48. The van der Waals surface area contributed by atoms with Crippen molar-refractivity contribution in [1.82, 2.24) is 4.90 Å². The summed E-state index contributed by atoms with van der Waals surface area (Å²) in [4.78, 5) is 14.1. The first-order valence-corrected chi connectivity index (χ1v) is 7.13. The largest absolute Gasteiger partial charge is 0.444 e. The van der Waals surface area contributed by atoms with Crippen LogP contribution in [0.2, 0.25) is 0 Å². The lowest BCUT2D eigenvalue weighted by Gasteiger charge is -2.36. The van der Waals surface area contributed by atoms with E-state index in [1.54, 1.807) is 11.0 Å². The number of nitrogens with zero attached hydrogens (tertiary/aromatic N) is 1. The number of amides is 1. The number of hydrogen-bond donors (Lipinski definition) is 1. The predicted octanol–water partition coefficient (Wildman–Crippen LogP) is 2.30. The van der Waals surface area contributed by atoms with Gasteiger partial charge in [0.05, 0.1) is 18.8 Å². The van der Waals surface area contributed by atoms with Crippen LogP contribution in [0.15, 0.2) is 12.2 Å². The summed E-state index contributed by atoms with van der Waals surface area (Å²) in [5.74, 6) is 0.110.